The van der Waals surface area contributed by atoms with E-state index in [0.717, 1.165) is 31.6 Å². The fourth-order valence-corrected chi connectivity index (χ4v) is 2.58. The van der Waals surface area contributed by atoms with Gasteiger partial charge in [-0.25, -0.2) is 4.68 Å². The largest absolute Gasteiger partial charge is 0.338 e. The number of benzene rings is 1. The van der Waals surface area contributed by atoms with Crippen LogP contribution in [0.5, 0.6) is 0 Å². The van der Waals surface area contributed by atoms with Gasteiger partial charge in [0, 0.05) is 24.7 Å². The number of rotatable bonds is 2. The summed E-state index contributed by atoms with van der Waals surface area (Å²) < 4.78 is 1.72. The maximum absolute atomic E-state index is 12.4. The average molecular weight is 290 g/mol. The van der Waals surface area contributed by atoms with Gasteiger partial charge in [0.05, 0.1) is 17.4 Å². The second-order valence-electron chi connectivity index (χ2n) is 4.98. The molecule has 0 N–H and O–H groups in total. The van der Waals surface area contributed by atoms with Gasteiger partial charge in [-0.15, -0.1) is 11.6 Å². The molecule has 1 fully saturated rings. The number of aromatic nitrogens is 2. The van der Waals surface area contributed by atoms with Crippen molar-refractivity contribution in [3.05, 3.63) is 48.3 Å². The van der Waals surface area contributed by atoms with Crippen molar-refractivity contribution in [3.8, 4) is 5.69 Å². The summed E-state index contributed by atoms with van der Waals surface area (Å²) in [5, 5.41) is 4.46. The van der Waals surface area contributed by atoms with Crippen LogP contribution in [-0.2, 0) is 0 Å². The molecule has 3 rings (SSSR count). The molecule has 1 aliphatic rings. The molecule has 1 aromatic heterocycles. The lowest BCUT2D eigenvalue weighted by molar-refractivity contribution is 0.0726. The lowest BCUT2D eigenvalue weighted by Gasteiger charge is -2.28. The molecule has 4 nitrogen and oxygen atoms in total. The monoisotopic (exact) mass is 289 g/mol. The molecule has 104 valence electrons. The fourth-order valence-electron chi connectivity index (χ4n) is 2.39. The topological polar surface area (TPSA) is 38.1 Å². The first-order chi connectivity index (χ1) is 9.74. The van der Waals surface area contributed by atoms with E-state index in [1.54, 1.807) is 17.1 Å². The van der Waals surface area contributed by atoms with Gasteiger partial charge in [-0.05, 0) is 25.0 Å². The highest BCUT2D eigenvalue weighted by atomic mass is 35.5. The molecule has 5 heteroatoms. The van der Waals surface area contributed by atoms with Crippen LogP contribution in [0.1, 0.15) is 23.2 Å². The molecule has 2 aromatic rings. The van der Waals surface area contributed by atoms with E-state index in [2.05, 4.69) is 5.10 Å². The second kappa shape index (κ2) is 5.67. The van der Waals surface area contributed by atoms with Crippen molar-refractivity contribution >= 4 is 17.5 Å². The van der Waals surface area contributed by atoms with E-state index in [1.807, 2.05) is 35.2 Å². The number of halogens is 1. The summed E-state index contributed by atoms with van der Waals surface area (Å²) in [6.07, 6.45) is 5.13. The Morgan fingerprint density at radius 1 is 1.20 bits per heavy atom. The molecule has 1 aromatic carbocycles. The summed E-state index contributed by atoms with van der Waals surface area (Å²) in [5.41, 5.74) is 1.58. The van der Waals surface area contributed by atoms with Crippen LogP contribution in [0, 0.1) is 0 Å². The quantitative estimate of drug-likeness (QED) is 0.797. The molecule has 1 aliphatic heterocycles. The molecular formula is C15H16ClN3O. The molecule has 0 unspecified atom stereocenters. The zero-order valence-electron chi connectivity index (χ0n) is 11.1. The van der Waals surface area contributed by atoms with Gasteiger partial charge >= 0.3 is 0 Å². The Morgan fingerprint density at radius 3 is 2.60 bits per heavy atom. The van der Waals surface area contributed by atoms with Crippen LogP contribution >= 0.6 is 11.6 Å². The van der Waals surface area contributed by atoms with E-state index >= 15 is 0 Å². The van der Waals surface area contributed by atoms with Crippen LogP contribution in [0.25, 0.3) is 5.69 Å². The van der Waals surface area contributed by atoms with Crippen molar-refractivity contribution in [2.75, 3.05) is 13.1 Å². The highest BCUT2D eigenvalue weighted by Crippen LogP contribution is 2.18. The lowest BCUT2D eigenvalue weighted by Crippen LogP contribution is -2.38. The summed E-state index contributed by atoms with van der Waals surface area (Å²) in [6.45, 7) is 1.45. The predicted molar refractivity (Wildman–Crippen MR) is 78.3 cm³/mol. The number of hydrogen-bond acceptors (Lipinski definition) is 2. The first kappa shape index (κ1) is 13.2. The molecule has 20 heavy (non-hydrogen) atoms. The maximum Gasteiger partial charge on any atom is 0.257 e. The number of hydrogen-bond donors (Lipinski definition) is 0. The summed E-state index contributed by atoms with van der Waals surface area (Å²) >= 11 is 6.06. The van der Waals surface area contributed by atoms with Gasteiger partial charge < -0.3 is 4.90 Å². The molecule has 0 saturated carbocycles. The van der Waals surface area contributed by atoms with Gasteiger partial charge in [0.2, 0.25) is 0 Å². The number of likely N-dealkylation sites (tertiary alicyclic amines) is 1. The van der Waals surface area contributed by atoms with E-state index in [1.165, 1.54) is 0 Å². The predicted octanol–water partition coefficient (Wildman–Crippen LogP) is 2.72. The van der Waals surface area contributed by atoms with E-state index in [0.29, 0.717) is 5.56 Å². The van der Waals surface area contributed by atoms with E-state index < -0.39 is 0 Å². The van der Waals surface area contributed by atoms with Crippen molar-refractivity contribution in [2.45, 2.75) is 18.2 Å². The Balaban J connectivity index is 1.75. The van der Waals surface area contributed by atoms with Gasteiger partial charge in [0.15, 0.2) is 0 Å². The Kier molecular flexibility index (Phi) is 3.74. The maximum atomic E-state index is 12.4. The number of carbonyl (C=O) groups excluding carboxylic acids is 1. The zero-order chi connectivity index (χ0) is 13.9. The van der Waals surface area contributed by atoms with Crippen LogP contribution in [0.2, 0.25) is 0 Å². The highest BCUT2D eigenvalue weighted by Gasteiger charge is 2.23. The Hall–Kier alpha value is -1.81. The fraction of sp³-hybridized carbons (Fsp3) is 0.333. The van der Waals surface area contributed by atoms with Crippen LogP contribution in [0.3, 0.4) is 0 Å². The van der Waals surface area contributed by atoms with Crippen LogP contribution in [0.4, 0.5) is 0 Å². The normalized spacial score (nSPS) is 16.4. The number of amides is 1. The number of nitrogens with zero attached hydrogens (tertiary/aromatic N) is 3. The first-order valence-corrected chi connectivity index (χ1v) is 7.21. The Bertz CT molecular complexity index is 588. The molecular weight excluding hydrogens is 274 g/mol. The first-order valence-electron chi connectivity index (χ1n) is 6.77. The molecule has 1 saturated heterocycles. The van der Waals surface area contributed by atoms with Crippen molar-refractivity contribution < 1.29 is 4.79 Å². The number of carbonyl (C=O) groups is 1. The summed E-state index contributed by atoms with van der Waals surface area (Å²) in [7, 11) is 0. The molecule has 0 radical (unpaired) electrons. The average Bonchev–Trinajstić information content (AvgIpc) is 2.98. The van der Waals surface area contributed by atoms with Crippen molar-refractivity contribution in [1.82, 2.24) is 14.7 Å². The summed E-state index contributed by atoms with van der Waals surface area (Å²) in [5.74, 6) is 0.0377. The highest BCUT2D eigenvalue weighted by molar-refractivity contribution is 6.20. The van der Waals surface area contributed by atoms with Crippen molar-refractivity contribution in [2.24, 2.45) is 0 Å². The third-order valence-electron chi connectivity index (χ3n) is 3.56. The van der Waals surface area contributed by atoms with Crippen molar-refractivity contribution in [3.63, 3.8) is 0 Å². The smallest absolute Gasteiger partial charge is 0.257 e. The molecule has 0 bridgehead atoms. The Morgan fingerprint density at radius 2 is 1.90 bits per heavy atom. The standard InChI is InChI=1S/C15H16ClN3O/c16-13-6-8-18(9-7-13)15(20)12-10-17-19(11-12)14-4-2-1-3-5-14/h1-5,10-11,13H,6-9H2. The lowest BCUT2D eigenvalue weighted by atomic mass is 10.1. The minimum atomic E-state index is 0.0377. The molecule has 0 atom stereocenters. The van der Waals surface area contributed by atoms with Gasteiger partial charge in [0.1, 0.15) is 0 Å². The second-order valence-corrected chi connectivity index (χ2v) is 5.59. The molecule has 0 aliphatic carbocycles. The third kappa shape index (κ3) is 2.70. The minimum absolute atomic E-state index is 0.0377. The Labute approximate surface area is 123 Å². The number of para-hydroxylation sites is 1. The molecule has 1 amide bonds. The van der Waals surface area contributed by atoms with Crippen LogP contribution < -0.4 is 0 Å². The number of alkyl halides is 1. The summed E-state index contributed by atoms with van der Waals surface area (Å²) in [6, 6.07) is 9.77. The molecule has 0 spiro atoms. The zero-order valence-corrected chi connectivity index (χ0v) is 11.8. The van der Waals surface area contributed by atoms with Gasteiger partial charge in [-0.1, -0.05) is 18.2 Å². The summed E-state index contributed by atoms with van der Waals surface area (Å²) in [4.78, 5) is 14.2. The van der Waals surface area contributed by atoms with Gasteiger partial charge in [-0.2, -0.15) is 5.10 Å². The van der Waals surface area contributed by atoms with Crippen molar-refractivity contribution in [1.29, 1.82) is 0 Å². The van der Waals surface area contributed by atoms with Gasteiger partial charge in [-0.3, -0.25) is 4.79 Å². The SMILES string of the molecule is O=C(c1cnn(-c2ccccc2)c1)N1CCC(Cl)CC1. The molecule has 2 heterocycles. The third-order valence-corrected chi connectivity index (χ3v) is 4.00. The van der Waals surface area contributed by atoms with E-state index in [9.17, 15) is 4.79 Å². The van der Waals surface area contributed by atoms with E-state index in [4.69, 9.17) is 11.6 Å². The van der Waals surface area contributed by atoms with Crippen LogP contribution in [-0.4, -0.2) is 39.1 Å². The van der Waals surface area contributed by atoms with Crippen LogP contribution in [0.15, 0.2) is 42.7 Å². The van der Waals surface area contributed by atoms with Gasteiger partial charge in [0.25, 0.3) is 5.91 Å². The van der Waals surface area contributed by atoms with E-state index in [-0.39, 0.29) is 11.3 Å². The minimum Gasteiger partial charge on any atom is -0.338 e. The number of piperidine rings is 1.